The Morgan fingerprint density at radius 3 is 2.65 bits per heavy atom. The summed E-state index contributed by atoms with van der Waals surface area (Å²) in [5.74, 6) is 0.634. The summed E-state index contributed by atoms with van der Waals surface area (Å²) in [5, 5.41) is 13.2. The molecule has 0 aliphatic carbocycles. The fraction of sp³-hybridized carbons (Fsp3) is 0.455. The van der Waals surface area contributed by atoms with Crippen molar-refractivity contribution in [1.82, 2.24) is 5.32 Å². The van der Waals surface area contributed by atoms with Crippen molar-refractivity contribution < 1.29 is 9.84 Å². The SMILES string of the molecule is COc1cc([C@@H]2CCCN2)c(Br)c(Br)c1O.Cl. The molecule has 1 aliphatic rings. The Balaban J connectivity index is 0.00000144. The van der Waals surface area contributed by atoms with Crippen LogP contribution in [-0.2, 0) is 0 Å². The molecule has 3 nitrogen and oxygen atoms in total. The van der Waals surface area contributed by atoms with Gasteiger partial charge in [-0.25, -0.2) is 0 Å². The highest BCUT2D eigenvalue weighted by Crippen LogP contribution is 2.44. The molecule has 1 atom stereocenters. The highest BCUT2D eigenvalue weighted by molar-refractivity contribution is 9.13. The van der Waals surface area contributed by atoms with Crippen LogP contribution in [0.4, 0.5) is 0 Å². The average molecular weight is 387 g/mol. The molecule has 0 spiro atoms. The predicted octanol–water partition coefficient (Wildman–Crippen LogP) is 3.77. The molecule has 2 N–H and O–H groups in total. The number of phenolic OH excluding ortho intramolecular Hbond substituents is 1. The van der Waals surface area contributed by atoms with Gasteiger partial charge in [0.15, 0.2) is 11.5 Å². The first kappa shape index (κ1) is 15.1. The topological polar surface area (TPSA) is 41.5 Å². The second kappa shape index (κ2) is 6.27. The largest absolute Gasteiger partial charge is 0.503 e. The maximum Gasteiger partial charge on any atom is 0.173 e. The van der Waals surface area contributed by atoms with Crippen LogP contribution in [0.5, 0.6) is 11.5 Å². The number of ether oxygens (including phenoxy) is 1. The van der Waals surface area contributed by atoms with Gasteiger partial charge >= 0.3 is 0 Å². The van der Waals surface area contributed by atoms with Crippen LogP contribution < -0.4 is 10.1 Å². The third kappa shape index (κ3) is 2.89. The van der Waals surface area contributed by atoms with E-state index in [9.17, 15) is 5.11 Å². The van der Waals surface area contributed by atoms with E-state index in [1.807, 2.05) is 6.07 Å². The van der Waals surface area contributed by atoms with Crippen LogP contribution in [0.15, 0.2) is 15.0 Å². The highest BCUT2D eigenvalue weighted by atomic mass is 79.9. The first-order valence-electron chi connectivity index (χ1n) is 5.13. The van der Waals surface area contributed by atoms with E-state index >= 15 is 0 Å². The van der Waals surface area contributed by atoms with Crippen molar-refractivity contribution in [1.29, 1.82) is 0 Å². The van der Waals surface area contributed by atoms with Crippen molar-refractivity contribution in [2.45, 2.75) is 18.9 Å². The van der Waals surface area contributed by atoms with Crippen LogP contribution in [0, 0.1) is 0 Å². The minimum Gasteiger partial charge on any atom is -0.503 e. The van der Waals surface area contributed by atoms with Gasteiger partial charge in [0.1, 0.15) is 0 Å². The summed E-state index contributed by atoms with van der Waals surface area (Å²) >= 11 is 6.87. The van der Waals surface area contributed by atoms with Crippen LogP contribution in [0.1, 0.15) is 24.4 Å². The fourth-order valence-corrected chi connectivity index (χ4v) is 2.97. The number of methoxy groups -OCH3 is 1. The zero-order chi connectivity index (χ0) is 11.7. The van der Waals surface area contributed by atoms with Crippen molar-refractivity contribution in [2.24, 2.45) is 0 Å². The summed E-state index contributed by atoms with van der Waals surface area (Å²) in [6.07, 6.45) is 2.29. The van der Waals surface area contributed by atoms with E-state index in [-0.39, 0.29) is 18.2 Å². The van der Waals surface area contributed by atoms with Crippen molar-refractivity contribution >= 4 is 44.3 Å². The van der Waals surface area contributed by atoms with E-state index in [2.05, 4.69) is 37.2 Å². The smallest absolute Gasteiger partial charge is 0.173 e. The van der Waals surface area contributed by atoms with E-state index in [4.69, 9.17) is 4.74 Å². The molecule has 0 aromatic heterocycles. The zero-order valence-electron chi connectivity index (χ0n) is 9.30. The van der Waals surface area contributed by atoms with Gasteiger partial charge in [0.25, 0.3) is 0 Å². The molecule has 6 heteroatoms. The van der Waals surface area contributed by atoms with Gasteiger partial charge in [0.05, 0.1) is 11.6 Å². The first-order valence-corrected chi connectivity index (χ1v) is 6.72. The molecule has 1 aromatic carbocycles. The normalized spacial score (nSPS) is 18.9. The Hall–Kier alpha value is 0.0300. The van der Waals surface area contributed by atoms with Crippen molar-refractivity contribution in [3.05, 3.63) is 20.6 Å². The summed E-state index contributed by atoms with van der Waals surface area (Å²) in [4.78, 5) is 0. The third-order valence-corrected chi connectivity index (χ3v) is 4.99. The van der Waals surface area contributed by atoms with E-state index in [1.165, 1.54) is 6.42 Å². The molecule has 1 saturated heterocycles. The molecule has 1 fully saturated rings. The summed E-state index contributed by atoms with van der Waals surface area (Å²) in [7, 11) is 1.56. The Kier molecular flexibility index (Phi) is 5.57. The Labute approximate surface area is 124 Å². The number of hydrogen-bond acceptors (Lipinski definition) is 3. The van der Waals surface area contributed by atoms with Crippen LogP contribution in [-0.4, -0.2) is 18.8 Å². The quantitative estimate of drug-likeness (QED) is 0.812. The molecule has 96 valence electrons. The minimum absolute atomic E-state index is 0. The molecular weight excluding hydrogens is 373 g/mol. The van der Waals surface area contributed by atoms with Crippen LogP contribution in [0.25, 0.3) is 0 Å². The minimum atomic E-state index is 0. The van der Waals surface area contributed by atoms with Crippen LogP contribution in [0.2, 0.25) is 0 Å². The monoisotopic (exact) mass is 385 g/mol. The Bertz CT molecular complexity index is 409. The van der Waals surface area contributed by atoms with Gasteiger partial charge < -0.3 is 15.2 Å². The van der Waals surface area contributed by atoms with Crippen molar-refractivity contribution in [3.8, 4) is 11.5 Å². The third-order valence-electron chi connectivity index (χ3n) is 2.83. The van der Waals surface area contributed by atoms with Gasteiger partial charge in [-0.3, -0.25) is 0 Å². The van der Waals surface area contributed by atoms with Gasteiger partial charge in [-0.1, -0.05) is 0 Å². The number of halogens is 3. The molecule has 0 amide bonds. The van der Waals surface area contributed by atoms with Crippen LogP contribution >= 0.6 is 44.3 Å². The van der Waals surface area contributed by atoms with Crippen LogP contribution in [0.3, 0.4) is 0 Å². The summed E-state index contributed by atoms with van der Waals surface area (Å²) in [6.45, 7) is 1.04. The molecule has 0 saturated carbocycles. The summed E-state index contributed by atoms with van der Waals surface area (Å²) in [6, 6.07) is 2.22. The molecule has 17 heavy (non-hydrogen) atoms. The van der Waals surface area contributed by atoms with Gasteiger partial charge in [0, 0.05) is 10.5 Å². The molecule has 1 heterocycles. The number of nitrogens with one attached hydrogen (secondary N) is 1. The van der Waals surface area contributed by atoms with E-state index in [1.54, 1.807) is 7.11 Å². The van der Waals surface area contributed by atoms with E-state index < -0.39 is 0 Å². The number of hydrogen-bond donors (Lipinski definition) is 2. The lowest BCUT2D eigenvalue weighted by molar-refractivity contribution is 0.370. The van der Waals surface area contributed by atoms with Gasteiger partial charge in [-0.2, -0.15) is 0 Å². The van der Waals surface area contributed by atoms with Crippen molar-refractivity contribution in [2.75, 3.05) is 13.7 Å². The average Bonchev–Trinajstić information content (AvgIpc) is 2.80. The first-order chi connectivity index (χ1) is 7.65. The molecule has 1 aliphatic heterocycles. The van der Waals surface area contributed by atoms with Gasteiger partial charge in [0.2, 0.25) is 0 Å². The number of benzene rings is 1. The predicted molar refractivity (Wildman–Crippen MR) is 77.3 cm³/mol. The molecule has 0 unspecified atom stereocenters. The van der Waals surface area contributed by atoms with Crippen molar-refractivity contribution in [3.63, 3.8) is 0 Å². The van der Waals surface area contributed by atoms with E-state index in [0.717, 1.165) is 23.0 Å². The lowest BCUT2D eigenvalue weighted by Crippen LogP contribution is -2.13. The highest BCUT2D eigenvalue weighted by Gasteiger charge is 2.23. The molecule has 0 radical (unpaired) electrons. The maximum absolute atomic E-state index is 9.82. The second-order valence-electron chi connectivity index (χ2n) is 3.79. The Morgan fingerprint density at radius 2 is 2.12 bits per heavy atom. The lowest BCUT2D eigenvalue weighted by atomic mass is 10.0. The number of aromatic hydroxyl groups is 1. The molecule has 2 rings (SSSR count). The van der Waals surface area contributed by atoms with Gasteiger partial charge in [-0.05, 0) is 62.9 Å². The summed E-state index contributed by atoms with van der Waals surface area (Å²) in [5.41, 5.74) is 1.12. The number of rotatable bonds is 2. The fourth-order valence-electron chi connectivity index (χ4n) is 1.97. The maximum atomic E-state index is 9.82. The second-order valence-corrected chi connectivity index (χ2v) is 5.38. The number of phenols is 1. The Morgan fingerprint density at radius 1 is 1.41 bits per heavy atom. The molecule has 0 bridgehead atoms. The zero-order valence-corrected chi connectivity index (χ0v) is 13.3. The standard InChI is InChI=1S/C11H13Br2NO2.ClH/c1-16-8-5-6(7-3-2-4-14-7)9(12)10(13)11(8)15;/h5,7,14-15H,2-4H2,1H3;1H/t7-;/m0./s1. The molecule has 1 aromatic rings. The lowest BCUT2D eigenvalue weighted by Gasteiger charge is -2.16. The van der Waals surface area contributed by atoms with E-state index in [0.29, 0.717) is 16.3 Å². The molecular formula is C11H14Br2ClNO2. The van der Waals surface area contributed by atoms with Gasteiger partial charge in [-0.15, -0.1) is 12.4 Å². The summed E-state index contributed by atoms with van der Waals surface area (Å²) < 4.78 is 6.69.